The molecule has 2 heterocycles. The van der Waals surface area contributed by atoms with Gasteiger partial charge < -0.3 is 10.3 Å². The number of nitrogens with one attached hydrogen (secondary N) is 2. The van der Waals surface area contributed by atoms with Gasteiger partial charge in [0, 0.05) is 28.2 Å². The fraction of sp³-hybridized carbons (Fsp3) is 0.357. The summed E-state index contributed by atoms with van der Waals surface area (Å²) in [6, 6.07) is 6.29. The summed E-state index contributed by atoms with van der Waals surface area (Å²) in [5.74, 6) is 0.129. The van der Waals surface area contributed by atoms with E-state index in [0.29, 0.717) is 6.04 Å². The summed E-state index contributed by atoms with van der Waals surface area (Å²) in [4.78, 5) is 14.9. The maximum Gasteiger partial charge on any atom is 0.159 e. The zero-order chi connectivity index (χ0) is 12.0. The van der Waals surface area contributed by atoms with E-state index in [2.05, 4.69) is 17.2 Å². The number of Topliss-reactive ketones (excluding diaryl/α,β-unsaturated/α-hetero) is 1. The molecule has 4 heteroatoms. The summed E-state index contributed by atoms with van der Waals surface area (Å²) in [6.45, 7) is 4.79. The van der Waals surface area contributed by atoms with Gasteiger partial charge in [-0.15, -0.1) is 12.4 Å². The van der Waals surface area contributed by atoms with Crippen LogP contribution in [0.4, 0.5) is 0 Å². The maximum atomic E-state index is 11.4. The van der Waals surface area contributed by atoms with E-state index < -0.39 is 0 Å². The Morgan fingerprint density at radius 2 is 2.17 bits per heavy atom. The standard InChI is InChI=1S/C14H16N2O.ClH/c1-8-14-11(5-6-15-8)12-7-10(9(2)17)3-4-13(12)16-14;/h3-4,7-8,15-16H,5-6H2,1-2H3;1H. The molecule has 1 unspecified atom stereocenters. The molecule has 2 N–H and O–H groups in total. The van der Waals surface area contributed by atoms with Crippen LogP contribution in [0.15, 0.2) is 18.2 Å². The molecule has 0 saturated heterocycles. The number of H-pyrrole nitrogens is 1. The monoisotopic (exact) mass is 264 g/mol. The van der Waals surface area contributed by atoms with E-state index in [9.17, 15) is 4.79 Å². The van der Waals surface area contributed by atoms with Crippen LogP contribution >= 0.6 is 12.4 Å². The van der Waals surface area contributed by atoms with Crippen molar-refractivity contribution in [1.82, 2.24) is 10.3 Å². The minimum absolute atomic E-state index is 0. The van der Waals surface area contributed by atoms with Crippen molar-refractivity contribution in [3.63, 3.8) is 0 Å². The number of carbonyl (C=O) groups excluding carboxylic acids is 1. The van der Waals surface area contributed by atoms with Crippen molar-refractivity contribution in [2.45, 2.75) is 26.3 Å². The van der Waals surface area contributed by atoms with Crippen LogP contribution in [0.2, 0.25) is 0 Å². The Hall–Kier alpha value is -1.32. The highest BCUT2D eigenvalue weighted by molar-refractivity contribution is 5.99. The number of halogens is 1. The third-order valence-corrected chi connectivity index (χ3v) is 3.60. The number of benzene rings is 1. The summed E-state index contributed by atoms with van der Waals surface area (Å²) in [5, 5.41) is 4.65. The largest absolute Gasteiger partial charge is 0.357 e. The van der Waals surface area contributed by atoms with Crippen molar-refractivity contribution in [2.24, 2.45) is 0 Å². The van der Waals surface area contributed by atoms with Gasteiger partial charge in [-0.25, -0.2) is 0 Å². The third kappa shape index (κ3) is 1.93. The predicted molar refractivity (Wildman–Crippen MR) is 75.7 cm³/mol. The van der Waals surface area contributed by atoms with Crippen molar-refractivity contribution >= 4 is 29.1 Å². The molecule has 1 aromatic carbocycles. The minimum Gasteiger partial charge on any atom is -0.357 e. The Morgan fingerprint density at radius 3 is 2.89 bits per heavy atom. The molecule has 3 rings (SSSR count). The lowest BCUT2D eigenvalue weighted by Crippen LogP contribution is -2.27. The first-order chi connectivity index (χ1) is 8.16. The molecule has 0 radical (unpaired) electrons. The number of ketones is 1. The number of fused-ring (bicyclic) bond motifs is 3. The molecule has 0 fully saturated rings. The first-order valence-electron chi connectivity index (χ1n) is 6.05. The van der Waals surface area contributed by atoms with Crippen molar-refractivity contribution in [1.29, 1.82) is 0 Å². The molecule has 96 valence electrons. The molecule has 18 heavy (non-hydrogen) atoms. The molecule has 0 saturated carbocycles. The Kier molecular flexibility index (Phi) is 3.46. The molecule has 0 amide bonds. The second kappa shape index (κ2) is 4.75. The first-order valence-corrected chi connectivity index (χ1v) is 6.05. The van der Waals surface area contributed by atoms with Gasteiger partial charge >= 0.3 is 0 Å². The van der Waals surface area contributed by atoms with Crippen LogP contribution in [0.5, 0.6) is 0 Å². The van der Waals surface area contributed by atoms with Crippen LogP contribution in [-0.4, -0.2) is 17.3 Å². The highest BCUT2D eigenvalue weighted by Gasteiger charge is 2.20. The van der Waals surface area contributed by atoms with Crippen molar-refractivity contribution in [3.8, 4) is 0 Å². The lowest BCUT2D eigenvalue weighted by Gasteiger charge is -2.20. The average molecular weight is 265 g/mol. The molecule has 1 aliphatic heterocycles. The van der Waals surface area contributed by atoms with Crippen LogP contribution < -0.4 is 5.32 Å². The number of carbonyl (C=O) groups is 1. The van der Waals surface area contributed by atoms with Crippen molar-refractivity contribution < 1.29 is 4.79 Å². The Bertz CT molecular complexity index is 603. The Labute approximate surface area is 112 Å². The second-order valence-corrected chi connectivity index (χ2v) is 4.76. The lowest BCUT2D eigenvalue weighted by atomic mass is 9.99. The van der Waals surface area contributed by atoms with Crippen molar-refractivity contribution in [3.05, 3.63) is 35.0 Å². The van der Waals surface area contributed by atoms with E-state index >= 15 is 0 Å². The number of aromatic amines is 1. The second-order valence-electron chi connectivity index (χ2n) is 4.76. The van der Waals surface area contributed by atoms with Gasteiger partial charge in [-0.2, -0.15) is 0 Å². The lowest BCUT2D eigenvalue weighted by molar-refractivity contribution is 0.101. The van der Waals surface area contributed by atoms with Gasteiger partial charge in [0.25, 0.3) is 0 Å². The highest BCUT2D eigenvalue weighted by atomic mass is 35.5. The molecular formula is C14H17ClN2O. The molecule has 1 aromatic heterocycles. The average Bonchev–Trinajstić information content (AvgIpc) is 2.68. The summed E-state index contributed by atoms with van der Waals surface area (Å²) < 4.78 is 0. The van der Waals surface area contributed by atoms with Gasteiger partial charge in [-0.1, -0.05) is 0 Å². The van der Waals surface area contributed by atoms with Gasteiger partial charge in [0.2, 0.25) is 0 Å². The van der Waals surface area contributed by atoms with E-state index in [1.807, 2.05) is 18.2 Å². The Morgan fingerprint density at radius 1 is 1.39 bits per heavy atom. The zero-order valence-corrected chi connectivity index (χ0v) is 11.4. The maximum absolute atomic E-state index is 11.4. The van der Waals surface area contributed by atoms with Crippen LogP contribution in [-0.2, 0) is 6.42 Å². The Balaban J connectivity index is 0.00000120. The molecule has 3 nitrogen and oxygen atoms in total. The van der Waals surface area contributed by atoms with Crippen LogP contribution in [0.3, 0.4) is 0 Å². The number of hydrogen-bond acceptors (Lipinski definition) is 2. The minimum atomic E-state index is 0. The van der Waals surface area contributed by atoms with E-state index in [1.54, 1.807) is 6.92 Å². The topological polar surface area (TPSA) is 44.9 Å². The first kappa shape index (κ1) is 13.1. The molecular weight excluding hydrogens is 248 g/mol. The van der Waals surface area contributed by atoms with Crippen LogP contribution in [0.25, 0.3) is 10.9 Å². The van der Waals surface area contributed by atoms with Gasteiger partial charge in [0.1, 0.15) is 0 Å². The third-order valence-electron chi connectivity index (χ3n) is 3.60. The molecule has 0 spiro atoms. The van der Waals surface area contributed by atoms with Gasteiger partial charge in [-0.05, 0) is 50.6 Å². The quantitative estimate of drug-likeness (QED) is 0.778. The highest BCUT2D eigenvalue weighted by Crippen LogP contribution is 2.30. The summed E-state index contributed by atoms with van der Waals surface area (Å²) in [7, 11) is 0. The number of aromatic nitrogens is 1. The molecule has 0 aliphatic carbocycles. The fourth-order valence-corrected chi connectivity index (χ4v) is 2.64. The predicted octanol–water partition coefficient (Wildman–Crippen LogP) is 3.00. The smallest absolute Gasteiger partial charge is 0.159 e. The van der Waals surface area contributed by atoms with E-state index in [0.717, 1.165) is 24.0 Å². The van der Waals surface area contributed by atoms with Gasteiger partial charge in [0.05, 0.1) is 0 Å². The molecule has 2 aromatic rings. The zero-order valence-electron chi connectivity index (χ0n) is 10.5. The summed E-state index contributed by atoms with van der Waals surface area (Å²) in [5.41, 5.74) is 4.57. The van der Waals surface area contributed by atoms with E-state index in [-0.39, 0.29) is 18.2 Å². The summed E-state index contributed by atoms with van der Waals surface area (Å²) in [6.07, 6.45) is 1.03. The number of rotatable bonds is 1. The van der Waals surface area contributed by atoms with Crippen LogP contribution in [0.1, 0.15) is 41.5 Å². The molecule has 1 aliphatic rings. The van der Waals surface area contributed by atoms with E-state index in [1.165, 1.54) is 16.6 Å². The molecule has 1 atom stereocenters. The van der Waals surface area contributed by atoms with Gasteiger partial charge in [-0.3, -0.25) is 4.79 Å². The van der Waals surface area contributed by atoms with E-state index in [4.69, 9.17) is 0 Å². The SMILES string of the molecule is CC(=O)c1ccc2[nH]c3c(c2c1)CCNC3C.Cl. The van der Waals surface area contributed by atoms with Crippen molar-refractivity contribution in [2.75, 3.05) is 6.54 Å². The number of hydrogen-bond donors (Lipinski definition) is 2. The van der Waals surface area contributed by atoms with Gasteiger partial charge in [0.15, 0.2) is 5.78 Å². The molecule has 0 bridgehead atoms. The fourth-order valence-electron chi connectivity index (χ4n) is 2.64. The normalized spacial score (nSPS) is 18.2. The summed E-state index contributed by atoms with van der Waals surface area (Å²) >= 11 is 0. The van der Waals surface area contributed by atoms with Crippen LogP contribution in [0, 0.1) is 0 Å².